The molecule has 0 heterocycles. The van der Waals surface area contributed by atoms with E-state index in [1.165, 1.54) is 0 Å². The fourth-order valence-electron chi connectivity index (χ4n) is 2.53. The van der Waals surface area contributed by atoms with Gasteiger partial charge in [0.2, 0.25) is 5.91 Å². The van der Waals surface area contributed by atoms with Gasteiger partial charge < -0.3 is 14.8 Å². The Hall–Kier alpha value is -3.00. The fraction of sp³-hybridized carbons (Fsp3) is 0.300. The van der Waals surface area contributed by atoms with E-state index in [-0.39, 0.29) is 12.3 Å². The summed E-state index contributed by atoms with van der Waals surface area (Å²) < 4.78 is 10.5. The molecule has 0 aliphatic rings. The van der Waals surface area contributed by atoms with Crippen LogP contribution in [0.3, 0.4) is 0 Å². The SMILES string of the molecule is COc1ccc(C[C@H](C#N)C(=O)Nc2cc(C)ccc2C)c(OC)c1. The van der Waals surface area contributed by atoms with Gasteiger partial charge in [-0.3, -0.25) is 4.79 Å². The van der Waals surface area contributed by atoms with Crippen molar-refractivity contribution >= 4 is 11.6 Å². The Kier molecular flexibility index (Phi) is 6.02. The summed E-state index contributed by atoms with van der Waals surface area (Å²) in [6.45, 7) is 3.88. The van der Waals surface area contributed by atoms with Crippen LogP contribution in [-0.2, 0) is 11.2 Å². The number of anilines is 1. The van der Waals surface area contributed by atoms with Crippen molar-refractivity contribution in [1.82, 2.24) is 0 Å². The number of hydrogen-bond donors (Lipinski definition) is 1. The summed E-state index contributed by atoms with van der Waals surface area (Å²) in [5.41, 5.74) is 3.52. The number of carbonyl (C=O) groups excluding carboxylic acids is 1. The number of methoxy groups -OCH3 is 2. The third-order valence-corrected chi connectivity index (χ3v) is 4.04. The summed E-state index contributed by atoms with van der Waals surface area (Å²) >= 11 is 0. The monoisotopic (exact) mass is 338 g/mol. The van der Waals surface area contributed by atoms with Crippen LogP contribution in [0, 0.1) is 31.1 Å². The molecule has 2 rings (SSSR count). The third-order valence-electron chi connectivity index (χ3n) is 4.04. The molecule has 2 aromatic rings. The van der Waals surface area contributed by atoms with E-state index in [1.807, 2.05) is 38.1 Å². The Morgan fingerprint density at radius 1 is 1.16 bits per heavy atom. The van der Waals surface area contributed by atoms with E-state index in [2.05, 4.69) is 11.4 Å². The maximum absolute atomic E-state index is 12.5. The molecule has 0 saturated carbocycles. The molecule has 1 atom stereocenters. The minimum absolute atomic E-state index is 0.264. The predicted molar refractivity (Wildman–Crippen MR) is 96.9 cm³/mol. The minimum atomic E-state index is -0.817. The minimum Gasteiger partial charge on any atom is -0.497 e. The lowest BCUT2D eigenvalue weighted by atomic mass is 9.98. The molecule has 0 spiro atoms. The first-order valence-electron chi connectivity index (χ1n) is 7.97. The van der Waals surface area contributed by atoms with Crippen LogP contribution in [0.15, 0.2) is 36.4 Å². The van der Waals surface area contributed by atoms with Gasteiger partial charge in [0.15, 0.2) is 0 Å². The first kappa shape index (κ1) is 18.3. The highest BCUT2D eigenvalue weighted by atomic mass is 16.5. The molecule has 0 aliphatic carbocycles. The fourth-order valence-corrected chi connectivity index (χ4v) is 2.53. The second-order valence-corrected chi connectivity index (χ2v) is 5.87. The van der Waals surface area contributed by atoms with Crippen LogP contribution in [-0.4, -0.2) is 20.1 Å². The average Bonchev–Trinajstić information content (AvgIpc) is 2.62. The molecule has 0 aromatic heterocycles. The van der Waals surface area contributed by atoms with Crippen molar-refractivity contribution in [3.05, 3.63) is 53.1 Å². The second-order valence-electron chi connectivity index (χ2n) is 5.87. The molecule has 1 amide bonds. The molecule has 0 fully saturated rings. The number of aryl methyl sites for hydroxylation is 2. The number of amides is 1. The first-order chi connectivity index (χ1) is 12.0. The number of rotatable bonds is 6. The number of nitrogens with zero attached hydrogens (tertiary/aromatic N) is 1. The van der Waals surface area contributed by atoms with Crippen LogP contribution >= 0.6 is 0 Å². The van der Waals surface area contributed by atoms with Crippen molar-refractivity contribution in [2.75, 3.05) is 19.5 Å². The van der Waals surface area contributed by atoms with E-state index in [0.717, 1.165) is 22.4 Å². The summed E-state index contributed by atoms with van der Waals surface area (Å²) in [6.07, 6.45) is 0.264. The first-order valence-corrected chi connectivity index (χ1v) is 7.97. The molecule has 25 heavy (non-hydrogen) atoms. The van der Waals surface area contributed by atoms with Crippen LogP contribution < -0.4 is 14.8 Å². The number of benzene rings is 2. The molecule has 5 heteroatoms. The number of nitrogens with one attached hydrogen (secondary N) is 1. The summed E-state index contributed by atoms with van der Waals surface area (Å²) in [7, 11) is 3.12. The van der Waals surface area contributed by atoms with Gasteiger partial charge in [-0.1, -0.05) is 18.2 Å². The van der Waals surface area contributed by atoms with E-state index < -0.39 is 5.92 Å². The number of nitriles is 1. The van der Waals surface area contributed by atoms with Crippen molar-refractivity contribution < 1.29 is 14.3 Å². The zero-order chi connectivity index (χ0) is 18.4. The molecule has 0 radical (unpaired) electrons. The van der Waals surface area contributed by atoms with E-state index in [0.29, 0.717) is 11.5 Å². The summed E-state index contributed by atoms with van der Waals surface area (Å²) in [5.74, 6) is 0.115. The number of ether oxygens (including phenoxy) is 2. The van der Waals surface area contributed by atoms with Crippen molar-refractivity contribution in [1.29, 1.82) is 5.26 Å². The van der Waals surface area contributed by atoms with Crippen molar-refractivity contribution in [3.8, 4) is 17.6 Å². The van der Waals surface area contributed by atoms with Crippen molar-refractivity contribution in [2.45, 2.75) is 20.3 Å². The molecule has 0 aliphatic heterocycles. The van der Waals surface area contributed by atoms with E-state index in [9.17, 15) is 10.1 Å². The topological polar surface area (TPSA) is 71.3 Å². The van der Waals surface area contributed by atoms with Crippen LogP contribution in [0.5, 0.6) is 11.5 Å². The normalized spacial score (nSPS) is 11.3. The molecule has 0 saturated heterocycles. The Morgan fingerprint density at radius 2 is 1.92 bits per heavy atom. The highest BCUT2D eigenvalue weighted by Crippen LogP contribution is 2.27. The van der Waals surface area contributed by atoms with E-state index >= 15 is 0 Å². The van der Waals surface area contributed by atoms with Gasteiger partial charge in [-0.25, -0.2) is 0 Å². The van der Waals surface area contributed by atoms with Gasteiger partial charge in [-0.2, -0.15) is 5.26 Å². The maximum Gasteiger partial charge on any atom is 0.242 e. The smallest absolute Gasteiger partial charge is 0.242 e. The molecule has 2 aromatic carbocycles. The van der Waals surface area contributed by atoms with E-state index in [4.69, 9.17) is 9.47 Å². The highest BCUT2D eigenvalue weighted by Gasteiger charge is 2.21. The van der Waals surface area contributed by atoms with Gasteiger partial charge in [-0.05, 0) is 42.7 Å². The van der Waals surface area contributed by atoms with Crippen LogP contribution in [0.2, 0.25) is 0 Å². The average molecular weight is 338 g/mol. The van der Waals surface area contributed by atoms with Crippen LogP contribution in [0.25, 0.3) is 0 Å². The molecule has 130 valence electrons. The second kappa shape index (κ2) is 8.20. The molecular weight excluding hydrogens is 316 g/mol. The Labute approximate surface area is 148 Å². The van der Waals surface area contributed by atoms with Crippen molar-refractivity contribution in [2.24, 2.45) is 5.92 Å². The number of carbonyl (C=O) groups is 1. The molecule has 0 bridgehead atoms. The zero-order valence-electron chi connectivity index (χ0n) is 14.9. The third kappa shape index (κ3) is 4.51. The Bertz CT molecular complexity index is 809. The lowest BCUT2D eigenvalue weighted by Crippen LogP contribution is -2.24. The zero-order valence-corrected chi connectivity index (χ0v) is 14.9. The summed E-state index contributed by atoms with van der Waals surface area (Å²) in [4.78, 5) is 12.5. The Balaban J connectivity index is 2.18. The lowest BCUT2D eigenvalue weighted by Gasteiger charge is -2.15. The van der Waals surface area contributed by atoms with Gasteiger partial charge in [0.1, 0.15) is 17.4 Å². The molecule has 1 N–H and O–H groups in total. The number of hydrogen-bond acceptors (Lipinski definition) is 4. The quantitative estimate of drug-likeness (QED) is 0.873. The summed E-state index contributed by atoms with van der Waals surface area (Å²) in [6, 6.07) is 13.3. The molecule has 0 unspecified atom stereocenters. The maximum atomic E-state index is 12.5. The lowest BCUT2D eigenvalue weighted by molar-refractivity contribution is -0.118. The van der Waals surface area contributed by atoms with Gasteiger partial charge in [0.25, 0.3) is 0 Å². The van der Waals surface area contributed by atoms with Crippen molar-refractivity contribution in [3.63, 3.8) is 0 Å². The van der Waals surface area contributed by atoms with E-state index in [1.54, 1.807) is 26.4 Å². The Morgan fingerprint density at radius 3 is 2.56 bits per heavy atom. The van der Waals surface area contributed by atoms with Crippen LogP contribution in [0.4, 0.5) is 5.69 Å². The van der Waals surface area contributed by atoms with Gasteiger partial charge in [0, 0.05) is 18.2 Å². The van der Waals surface area contributed by atoms with Gasteiger partial charge in [-0.15, -0.1) is 0 Å². The van der Waals surface area contributed by atoms with Gasteiger partial charge in [0.05, 0.1) is 20.3 Å². The van der Waals surface area contributed by atoms with Gasteiger partial charge >= 0.3 is 0 Å². The summed E-state index contributed by atoms with van der Waals surface area (Å²) in [5, 5.41) is 12.3. The van der Waals surface area contributed by atoms with Crippen LogP contribution in [0.1, 0.15) is 16.7 Å². The largest absolute Gasteiger partial charge is 0.497 e. The molecular formula is C20H22N2O3. The standard InChI is InChI=1S/C20H22N2O3/c1-13-5-6-14(2)18(9-13)22-20(23)16(12-21)10-15-7-8-17(24-3)11-19(15)25-4/h5-9,11,16H,10H2,1-4H3,(H,22,23)/t16-/m1/s1. The molecule has 5 nitrogen and oxygen atoms in total. The highest BCUT2D eigenvalue weighted by molar-refractivity contribution is 5.95. The predicted octanol–water partition coefficient (Wildman–Crippen LogP) is 3.64.